The highest BCUT2D eigenvalue weighted by Crippen LogP contribution is 2.87. The molecule has 2 heterocycles. The molecule has 0 aromatic rings. The number of esters is 1. The van der Waals surface area contributed by atoms with Crippen molar-refractivity contribution in [2.75, 3.05) is 6.61 Å². The second-order valence-corrected chi connectivity index (χ2v) is 18.4. The number of fused-ring (bicyclic) bond motifs is 2. The van der Waals surface area contributed by atoms with Crippen LogP contribution in [0.5, 0.6) is 0 Å². The minimum atomic E-state index is -1.49. The fourth-order valence-electron chi connectivity index (χ4n) is 12.7. The minimum Gasteiger partial charge on any atom is -0.460 e. The molecule has 5 aliphatic carbocycles. The van der Waals surface area contributed by atoms with Crippen molar-refractivity contribution in [3.8, 4) is 0 Å². The van der Waals surface area contributed by atoms with E-state index in [2.05, 4.69) is 40.7 Å². The van der Waals surface area contributed by atoms with Gasteiger partial charge in [-0.2, -0.15) is 0 Å². The van der Waals surface area contributed by atoms with Gasteiger partial charge in [0.25, 0.3) is 0 Å². The van der Waals surface area contributed by atoms with E-state index in [0.29, 0.717) is 12.8 Å². The predicted molar refractivity (Wildman–Crippen MR) is 176 cm³/mol. The van der Waals surface area contributed by atoms with Gasteiger partial charge in [0.15, 0.2) is 12.1 Å². The van der Waals surface area contributed by atoms with Gasteiger partial charge in [-0.15, -0.1) is 0 Å². The molecule has 2 spiro atoms. The molecule has 5 N–H and O–H groups in total. The lowest BCUT2D eigenvalue weighted by atomic mass is 9.44. The van der Waals surface area contributed by atoms with Crippen LogP contribution in [0.2, 0.25) is 0 Å². The van der Waals surface area contributed by atoms with Crippen LogP contribution in [0, 0.1) is 44.8 Å². The second-order valence-electron chi connectivity index (χ2n) is 18.4. The number of ether oxygens (including phenoxy) is 4. The molecule has 0 bridgehead atoms. The van der Waals surface area contributed by atoms with Crippen molar-refractivity contribution >= 4 is 11.8 Å². The minimum absolute atomic E-state index is 0.00194. The molecule has 16 atom stereocenters. The van der Waals surface area contributed by atoms with Gasteiger partial charge >= 0.3 is 5.97 Å². The number of aliphatic hydroxyl groups is 5. The maximum absolute atomic E-state index is 14.2. The standard InChI is InChI=1S/C38H58O11/c1-18(15-20(46-19(2)40)31-34(5,6)49-31)25-27(42)30(45)36(8)23-10-9-22-33(3,4)24(48-32-29(44)28(43)26(41)21(16-39)47-32)11-12-37(22)17-38(23,37)14-13-35(25,36)7/h10,18,20-22,24-26,28-32,39,41,43-45H,9,11-17H2,1-8H3/t18-,20-,21-,22+,24+,25+,26+,28+,29-,30+,31+,32+,35-,36-,37-,38+/m1/s1. The van der Waals surface area contributed by atoms with Crippen molar-refractivity contribution < 1.29 is 54.1 Å². The molecule has 0 aromatic heterocycles. The van der Waals surface area contributed by atoms with Gasteiger partial charge in [0, 0.05) is 18.3 Å². The van der Waals surface area contributed by atoms with E-state index in [-0.39, 0.29) is 57.6 Å². The highest BCUT2D eigenvalue weighted by Gasteiger charge is 2.82. The first-order valence-electron chi connectivity index (χ1n) is 18.5. The molecule has 7 aliphatic rings. The van der Waals surface area contributed by atoms with Gasteiger partial charge in [-0.1, -0.05) is 46.3 Å². The van der Waals surface area contributed by atoms with Crippen LogP contribution in [-0.2, 0) is 28.5 Å². The molecule has 0 radical (unpaired) electrons. The molecule has 11 nitrogen and oxygen atoms in total. The number of aliphatic hydroxyl groups excluding tert-OH is 5. The van der Waals surface area contributed by atoms with Gasteiger partial charge < -0.3 is 44.5 Å². The van der Waals surface area contributed by atoms with Gasteiger partial charge in [0.05, 0.1) is 18.3 Å². The lowest BCUT2D eigenvalue weighted by Gasteiger charge is -2.60. The molecular weight excluding hydrogens is 632 g/mol. The Balaban J connectivity index is 1.14. The topological polar surface area (TPSA) is 176 Å². The first-order chi connectivity index (χ1) is 22.7. The summed E-state index contributed by atoms with van der Waals surface area (Å²) in [7, 11) is 0. The summed E-state index contributed by atoms with van der Waals surface area (Å²) in [4.78, 5) is 26.3. The number of rotatable bonds is 8. The van der Waals surface area contributed by atoms with Crippen molar-refractivity contribution in [2.24, 2.45) is 44.8 Å². The van der Waals surface area contributed by atoms with Gasteiger partial charge in [0.1, 0.15) is 42.7 Å². The van der Waals surface area contributed by atoms with E-state index in [1.165, 1.54) is 12.5 Å². The first-order valence-corrected chi connectivity index (χ1v) is 18.5. The third kappa shape index (κ3) is 4.75. The maximum atomic E-state index is 14.2. The number of carbonyl (C=O) groups is 2. The Morgan fingerprint density at radius 2 is 1.69 bits per heavy atom. The van der Waals surface area contributed by atoms with Gasteiger partial charge in [-0.05, 0) is 92.3 Å². The van der Waals surface area contributed by atoms with E-state index in [0.717, 1.165) is 32.1 Å². The molecule has 2 aliphatic heterocycles. The predicted octanol–water partition coefficient (Wildman–Crippen LogP) is 2.82. The van der Waals surface area contributed by atoms with Crippen LogP contribution in [0.1, 0.15) is 100 Å². The number of ketones is 1. The summed E-state index contributed by atoms with van der Waals surface area (Å²) in [6.07, 6.45) is -0.754. The molecule has 7 rings (SSSR count). The Morgan fingerprint density at radius 3 is 2.31 bits per heavy atom. The zero-order valence-corrected chi connectivity index (χ0v) is 30.3. The van der Waals surface area contributed by atoms with Crippen LogP contribution in [-0.4, -0.2) is 105 Å². The Hall–Kier alpha value is -1.44. The zero-order valence-electron chi connectivity index (χ0n) is 30.3. The van der Waals surface area contributed by atoms with E-state index < -0.39 is 66.3 Å². The molecule has 0 aromatic carbocycles. The molecule has 276 valence electrons. The molecule has 4 saturated carbocycles. The molecule has 11 heteroatoms. The number of allylic oxidation sites excluding steroid dienone is 1. The van der Waals surface area contributed by atoms with E-state index in [1.807, 2.05) is 13.8 Å². The summed E-state index contributed by atoms with van der Waals surface area (Å²) in [5.74, 6) is -0.754. The summed E-state index contributed by atoms with van der Waals surface area (Å²) < 4.78 is 23.8. The Labute approximate surface area is 289 Å². The van der Waals surface area contributed by atoms with Crippen LogP contribution >= 0.6 is 0 Å². The highest BCUT2D eigenvalue weighted by atomic mass is 16.7. The maximum Gasteiger partial charge on any atom is 0.302 e. The summed E-state index contributed by atoms with van der Waals surface area (Å²) in [6, 6.07) is 0. The average Bonchev–Trinajstić information content (AvgIpc) is 3.88. The lowest BCUT2D eigenvalue weighted by Crippen LogP contribution is -2.61. The average molecular weight is 691 g/mol. The Morgan fingerprint density at radius 1 is 1.02 bits per heavy atom. The summed E-state index contributed by atoms with van der Waals surface area (Å²) in [5.41, 5.74) is -0.788. The third-order valence-corrected chi connectivity index (χ3v) is 15.4. The van der Waals surface area contributed by atoms with Crippen LogP contribution in [0.4, 0.5) is 0 Å². The largest absolute Gasteiger partial charge is 0.460 e. The number of epoxide rings is 1. The van der Waals surface area contributed by atoms with Gasteiger partial charge in [0.2, 0.25) is 0 Å². The second kappa shape index (κ2) is 11.3. The molecule has 49 heavy (non-hydrogen) atoms. The van der Waals surface area contributed by atoms with Crippen molar-refractivity contribution in [1.82, 2.24) is 0 Å². The fourth-order valence-corrected chi connectivity index (χ4v) is 12.7. The number of carbonyl (C=O) groups excluding carboxylic acids is 2. The van der Waals surface area contributed by atoms with Crippen LogP contribution < -0.4 is 0 Å². The van der Waals surface area contributed by atoms with E-state index in [4.69, 9.17) is 18.9 Å². The van der Waals surface area contributed by atoms with Crippen LogP contribution in [0.25, 0.3) is 0 Å². The van der Waals surface area contributed by atoms with Crippen LogP contribution in [0.3, 0.4) is 0 Å². The summed E-state index contributed by atoms with van der Waals surface area (Å²) >= 11 is 0. The molecular formula is C38H58O11. The summed E-state index contributed by atoms with van der Waals surface area (Å²) in [5, 5.41) is 53.1. The molecule has 2 saturated heterocycles. The van der Waals surface area contributed by atoms with Crippen molar-refractivity contribution in [1.29, 1.82) is 0 Å². The van der Waals surface area contributed by atoms with Crippen molar-refractivity contribution in [3.63, 3.8) is 0 Å². The SMILES string of the molecule is CC(=O)O[C@H](C[C@@H](C)[C@H]1C(=O)[C@H](O)[C@@]2(C)C3=CC[C@H]4C(C)(C)[C@@H](O[C@@H]5O[C@H](CO)[C@H](O)[C@H](O)[C@H]5O)CC[C@@]45C[C@@]35CC[C@]12C)[C@@H]1OC1(C)C. The van der Waals surface area contributed by atoms with E-state index in [1.54, 1.807) is 0 Å². The normalized spacial score (nSPS) is 51.7. The van der Waals surface area contributed by atoms with Crippen molar-refractivity contribution in [2.45, 2.75) is 161 Å². The van der Waals surface area contributed by atoms with Gasteiger partial charge in [-0.3, -0.25) is 9.59 Å². The number of hydrogen-bond acceptors (Lipinski definition) is 11. The van der Waals surface area contributed by atoms with Gasteiger partial charge in [-0.25, -0.2) is 0 Å². The summed E-state index contributed by atoms with van der Waals surface area (Å²) in [6.45, 7) is 15.6. The smallest absolute Gasteiger partial charge is 0.302 e. The molecule has 0 unspecified atom stereocenters. The van der Waals surface area contributed by atoms with E-state index >= 15 is 0 Å². The van der Waals surface area contributed by atoms with Crippen molar-refractivity contribution in [3.05, 3.63) is 11.6 Å². The lowest BCUT2D eigenvalue weighted by molar-refractivity contribution is -0.325. The quantitative estimate of drug-likeness (QED) is 0.144. The Bertz CT molecular complexity index is 1410. The fraction of sp³-hybridized carbons (Fsp3) is 0.895. The number of hydrogen-bond donors (Lipinski definition) is 5. The Kier molecular flexibility index (Phi) is 8.27. The van der Waals surface area contributed by atoms with Crippen LogP contribution in [0.15, 0.2) is 11.6 Å². The number of Topliss-reactive ketones (excluding diaryl/α,β-unsaturated/α-hetero) is 1. The monoisotopic (exact) mass is 690 g/mol. The highest BCUT2D eigenvalue weighted by molar-refractivity contribution is 5.91. The molecule has 6 fully saturated rings. The zero-order chi connectivity index (χ0) is 35.9. The van der Waals surface area contributed by atoms with E-state index in [9.17, 15) is 35.1 Å². The molecule has 0 amide bonds. The first kappa shape index (κ1) is 35.9. The third-order valence-electron chi connectivity index (χ3n) is 15.4.